The summed E-state index contributed by atoms with van der Waals surface area (Å²) in [5.74, 6) is 2.87. The molecule has 0 heterocycles. The van der Waals surface area contributed by atoms with Crippen molar-refractivity contribution in [3.8, 4) is 67.9 Å². The molecular formula is C66H87O6PS3. The number of hydrogen-bond donors (Lipinski definition) is 3. The predicted octanol–water partition coefficient (Wildman–Crippen LogP) is 21.0. The molecule has 10 heteroatoms. The van der Waals surface area contributed by atoms with E-state index in [1.165, 1.54) is 0 Å². The molecule has 0 saturated carbocycles. The molecule has 0 aliphatic rings. The van der Waals surface area contributed by atoms with Crippen LogP contribution in [0.3, 0.4) is 0 Å². The van der Waals surface area contributed by atoms with E-state index >= 15 is 0 Å². The number of phenolic OH excluding ortho intramolecular Hbond substituents is 3. The summed E-state index contributed by atoms with van der Waals surface area (Å²) in [7, 11) is -2.21. The Balaban J connectivity index is 1.59. The number of rotatable bonds is 12. The third kappa shape index (κ3) is 14.8. The summed E-state index contributed by atoms with van der Waals surface area (Å²) in [4.78, 5) is 2.53. The Morgan fingerprint density at radius 1 is 0.303 bits per heavy atom. The molecule has 0 fully saturated rings. The first-order valence-corrected chi connectivity index (χ1v) is 30.0. The van der Waals surface area contributed by atoms with Crippen molar-refractivity contribution in [2.75, 3.05) is 0 Å². The van der Waals surface area contributed by atoms with E-state index in [1.807, 2.05) is 18.2 Å². The minimum Gasteiger partial charge on any atom is -0.507 e. The van der Waals surface area contributed by atoms with Crippen molar-refractivity contribution in [3.63, 3.8) is 0 Å². The molecule has 0 amide bonds. The van der Waals surface area contributed by atoms with Gasteiger partial charge in [0.05, 0.1) is 14.7 Å². The lowest BCUT2D eigenvalue weighted by Gasteiger charge is -2.30. The monoisotopic (exact) mass is 1100 g/mol. The molecule has 0 aromatic heterocycles. The smallest absolute Gasteiger partial charge is 0.507 e. The topological polar surface area (TPSA) is 88.4 Å². The molecular weight excluding hydrogens is 1020 g/mol. The molecule has 0 aliphatic carbocycles. The van der Waals surface area contributed by atoms with Crippen LogP contribution in [0.15, 0.2) is 87.5 Å². The maximum absolute atomic E-state index is 11.1. The van der Waals surface area contributed by atoms with Gasteiger partial charge >= 0.3 is 8.60 Å². The number of thioether (sulfide) groups is 3. The van der Waals surface area contributed by atoms with Crippen molar-refractivity contribution < 1.29 is 28.9 Å². The molecule has 6 aromatic carbocycles. The second-order valence-electron chi connectivity index (χ2n) is 26.8. The van der Waals surface area contributed by atoms with E-state index in [1.54, 1.807) is 35.3 Å². The number of benzene rings is 6. The largest absolute Gasteiger partial charge is 0.530 e. The number of hydrogen-bond acceptors (Lipinski definition) is 9. The van der Waals surface area contributed by atoms with E-state index in [2.05, 4.69) is 221 Å². The van der Waals surface area contributed by atoms with E-state index in [4.69, 9.17) is 13.6 Å². The standard InChI is InChI=1S/C66H87O6PS3/c1-37-25-52(67)58(74-64(16,17)18)34-46(37)43-31-49(61(7,8)9)55(28-40(43)4)70-73(71-56-29-41(5)44(32-50(56)62(10,11)12)47-35-59(75-65(19,20)21)53(68)26-38(47)2)72-57-30-42(6)45(33-51(57)63(13,14)15)48-36-60(76-66(22,23)24)54(69)27-39(48)3/h25-36,67-69H,1-24H3. The Kier molecular flexibility index (Phi) is 17.6. The highest BCUT2D eigenvalue weighted by Gasteiger charge is 2.33. The minimum absolute atomic E-state index is 0.0968. The Morgan fingerprint density at radius 3 is 0.697 bits per heavy atom. The van der Waals surface area contributed by atoms with Crippen molar-refractivity contribution in [2.45, 2.75) is 211 Å². The molecule has 6 nitrogen and oxygen atoms in total. The van der Waals surface area contributed by atoms with Crippen molar-refractivity contribution in [1.29, 1.82) is 0 Å². The highest BCUT2D eigenvalue weighted by Crippen LogP contribution is 2.53. The summed E-state index contributed by atoms with van der Waals surface area (Å²) >= 11 is 4.98. The van der Waals surface area contributed by atoms with E-state index in [0.29, 0.717) is 17.2 Å². The Labute approximate surface area is 472 Å². The molecule has 3 N–H and O–H groups in total. The first kappa shape index (κ1) is 60.8. The summed E-state index contributed by atoms with van der Waals surface area (Å²) in [6, 6.07) is 25.1. The normalized spacial score (nSPS) is 12.9. The highest BCUT2D eigenvalue weighted by atomic mass is 32.2. The van der Waals surface area contributed by atoms with E-state index in [0.717, 1.165) is 98.1 Å². The van der Waals surface area contributed by atoms with Gasteiger partial charge in [-0.1, -0.05) is 125 Å². The maximum atomic E-state index is 11.1. The van der Waals surface area contributed by atoms with Crippen LogP contribution < -0.4 is 13.6 Å². The molecule has 0 atom stereocenters. The average Bonchev–Trinajstić information content (AvgIpc) is 3.22. The van der Waals surface area contributed by atoms with Gasteiger partial charge in [-0.2, -0.15) is 0 Å². The minimum atomic E-state index is -2.21. The average molecular weight is 1100 g/mol. The first-order valence-electron chi connectivity index (χ1n) is 26.5. The Bertz CT molecular complexity index is 2810. The quantitative estimate of drug-likeness (QED) is 0.0819. The van der Waals surface area contributed by atoms with Crippen LogP contribution in [0.4, 0.5) is 0 Å². The van der Waals surface area contributed by atoms with Gasteiger partial charge in [-0.3, -0.25) is 0 Å². The second-order valence-corrected chi connectivity index (χ2v) is 33.4. The van der Waals surface area contributed by atoms with Crippen LogP contribution in [0.1, 0.15) is 175 Å². The molecule has 0 spiro atoms. The van der Waals surface area contributed by atoms with Crippen LogP contribution in [-0.4, -0.2) is 29.6 Å². The van der Waals surface area contributed by atoms with Gasteiger partial charge in [0.2, 0.25) is 0 Å². The van der Waals surface area contributed by atoms with E-state index < -0.39 is 8.60 Å². The van der Waals surface area contributed by atoms with Crippen molar-refractivity contribution in [1.82, 2.24) is 0 Å². The molecule has 0 aliphatic heterocycles. The zero-order valence-corrected chi connectivity index (χ0v) is 53.5. The fourth-order valence-electron chi connectivity index (χ4n) is 9.32. The van der Waals surface area contributed by atoms with Crippen LogP contribution in [0.5, 0.6) is 34.5 Å². The lowest BCUT2D eigenvalue weighted by molar-refractivity contribution is 0.372. The van der Waals surface area contributed by atoms with Gasteiger partial charge in [-0.25, -0.2) is 0 Å². The van der Waals surface area contributed by atoms with Gasteiger partial charge in [-0.05, 0) is 197 Å². The maximum Gasteiger partial charge on any atom is 0.530 e. The molecule has 0 bridgehead atoms. The van der Waals surface area contributed by atoms with Gasteiger partial charge in [0.1, 0.15) is 34.5 Å². The molecule has 76 heavy (non-hydrogen) atoms. The number of phenols is 3. The van der Waals surface area contributed by atoms with Crippen molar-refractivity contribution in [3.05, 3.63) is 123 Å². The highest BCUT2D eigenvalue weighted by molar-refractivity contribution is 8.01. The van der Waals surface area contributed by atoms with Gasteiger partial charge in [0.15, 0.2) is 0 Å². The van der Waals surface area contributed by atoms with E-state index in [-0.39, 0.29) is 47.7 Å². The molecule has 0 unspecified atom stereocenters. The third-order valence-electron chi connectivity index (χ3n) is 13.0. The number of aryl methyl sites for hydroxylation is 6. The lowest BCUT2D eigenvalue weighted by Crippen LogP contribution is -2.17. The summed E-state index contributed by atoms with van der Waals surface area (Å²) in [6.07, 6.45) is 0. The van der Waals surface area contributed by atoms with Gasteiger partial charge < -0.3 is 28.9 Å². The van der Waals surface area contributed by atoms with Crippen LogP contribution >= 0.6 is 43.9 Å². The Hall–Kier alpha value is -4.40. The van der Waals surface area contributed by atoms with Crippen LogP contribution in [0.25, 0.3) is 33.4 Å². The summed E-state index contributed by atoms with van der Waals surface area (Å²) in [6.45, 7) is 51.8. The molecule has 0 saturated heterocycles. The van der Waals surface area contributed by atoms with Crippen LogP contribution in [0, 0.1) is 41.5 Å². The zero-order chi connectivity index (χ0) is 57.2. The van der Waals surface area contributed by atoms with E-state index in [9.17, 15) is 15.3 Å². The van der Waals surface area contributed by atoms with Crippen molar-refractivity contribution in [2.24, 2.45) is 0 Å². The van der Waals surface area contributed by atoms with Crippen LogP contribution in [0.2, 0.25) is 0 Å². The second kappa shape index (κ2) is 22.0. The summed E-state index contributed by atoms with van der Waals surface area (Å²) < 4.78 is 21.7. The Morgan fingerprint density at radius 2 is 0.500 bits per heavy atom. The van der Waals surface area contributed by atoms with Crippen LogP contribution in [-0.2, 0) is 16.2 Å². The predicted molar refractivity (Wildman–Crippen MR) is 331 cm³/mol. The molecule has 0 radical (unpaired) electrons. The summed E-state index contributed by atoms with van der Waals surface area (Å²) in [5, 5.41) is 33.4. The van der Waals surface area contributed by atoms with Gasteiger partial charge in [-0.15, -0.1) is 35.3 Å². The first-order chi connectivity index (χ1) is 34.6. The summed E-state index contributed by atoms with van der Waals surface area (Å²) in [5.41, 5.74) is 14.3. The fourth-order valence-corrected chi connectivity index (χ4v) is 13.4. The third-order valence-corrected chi connectivity index (χ3v) is 17.5. The van der Waals surface area contributed by atoms with Gasteiger partial charge in [0, 0.05) is 30.9 Å². The zero-order valence-electron chi connectivity index (χ0n) is 50.2. The molecule has 6 aromatic rings. The lowest BCUT2D eigenvalue weighted by atomic mass is 9.83. The molecule has 410 valence electrons. The SMILES string of the molecule is Cc1cc(O)c(SC(C)(C)C)cc1-c1cc(C(C)(C)C)c(OP(Oc2cc(C)c(-c3cc(SC(C)(C)C)c(O)cc3C)cc2C(C)(C)C)Oc2cc(C)c(-c3cc(SC(C)(C)C)c(O)cc3C)cc2C(C)(C)C)cc1C. The van der Waals surface area contributed by atoms with Gasteiger partial charge in [0.25, 0.3) is 0 Å². The fraction of sp³-hybridized carbons (Fsp3) is 0.455. The number of aromatic hydroxyl groups is 3. The van der Waals surface area contributed by atoms with Crippen molar-refractivity contribution >= 4 is 43.9 Å². The molecule has 6 rings (SSSR count).